The number of hydrogen-bond donors (Lipinski definition) is 1. The number of rotatable bonds is 7. The highest BCUT2D eigenvalue weighted by Gasteiger charge is 2.20. The molecule has 0 aliphatic carbocycles. The minimum absolute atomic E-state index is 0.118. The van der Waals surface area contributed by atoms with Gasteiger partial charge in [-0.05, 0) is 42.0 Å². The first-order valence-corrected chi connectivity index (χ1v) is 11.2. The molecule has 0 fully saturated rings. The Balaban J connectivity index is 1.44. The van der Waals surface area contributed by atoms with Gasteiger partial charge in [0.2, 0.25) is 0 Å². The van der Waals surface area contributed by atoms with Crippen molar-refractivity contribution in [1.82, 2.24) is 5.43 Å². The fourth-order valence-electron chi connectivity index (χ4n) is 3.10. The molecule has 4 aromatic rings. The summed E-state index contributed by atoms with van der Waals surface area (Å²) in [7, 11) is 1.43. The van der Waals surface area contributed by atoms with Crippen LogP contribution in [0.5, 0.6) is 11.5 Å². The zero-order valence-electron chi connectivity index (χ0n) is 18.1. The molecule has 1 amide bonds. The van der Waals surface area contributed by atoms with Gasteiger partial charge in [0.05, 0.1) is 23.3 Å². The van der Waals surface area contributed by atoms with Crippen molar-refractivity contribution >= 4 is 56.8 Å². The summed E-state index contributed by atoms with van der Waals surface area (Å²) in [6.45, 7) is 0. The molecule has 1 heterocycles. The maximum Gasteiger partial charge on any atom is 0.355 e. The maximum atomic E-state index is 12.7. The predicted molar refractivity (Wildman–Crippen MR) is 133 cm³/mol. The number of methoxy groups -OCH3 is 1. The van der Waals surface area contributed by atoms with Crippen molar-refractivity contribution in [3.63, 3.8) is 0 Å². The van der Waals surface area contributed by atoms with Crippen molar-refractivity contribution in [2.24, 2.45) is 5.10 Å². The van der Waals surface area contributed by atoms with Crippen LogP contribution in [0, 0.1) is 10.1 Å². The number of non-ortho nitro benzene ring substituents is 1. The largest absolute Gasteiger partial charge is 0.493 e. The quantitative estimate of drug-likeness (QED) is 0.116. The molecule has 1 aromatic heterocycles. The van der Waals surface area contributed by atoms with Gasteiger partial charge in [-0.1, -0.05) is 29.8 Å². The van der Waals surface area contributed by atoms with Gasteiger partial charge in [-0.15, -0.1) is 11.3 Å². The number of nitrogens with zero attached hydrogens (tertiary/aromatic N) is 2. The molecule has 11 heteroatoms. The summed E-state index contributed by atoms with van der Waals surface area (Å²) in [5.74, 6) is -0.667. The monoisotopic (exact) mass is 509 g/mol. The number of esters is 1. The van der Waals surface area contributed by atoms with E-state index in [0.717, 1.165) is 10.1 Å². The van der Waals surface area contributed by atoms with E-state index >= 15 is 0 Å². The Hall–Kier alpha value is -4.28. The van der Waals surface area contributed by atoms with Gasteiger partial charge in [-0.3, -0.25) is 14.9 Å². The van der Waals surface area contributed by atoms with Gasteiger partial charge in [0.15, 0.2) is 11.5 Å². The third-order valence-electron chi connectivity index (χ3n) is 4.83. The number of nitrogens with one attached hydrogen (secondary N) is 1. The molecule has 3 aromatic carbocycles. The maximum absolute atomic E-state index is 12.7. The van der Waals surface area contributed by atoms with Gasteiger partial charge in [0, 0.05) is 27.8 Å². The minimum Gasteiger partial charge on any atom is -0.493 e. The summed E-state index contributed by atoms with van der Waals surface area (Å²) >= 11 is 7.60. The van der Waals surface area contributed by atoms with Gasteiger partial charge in [0.1, 0.15) is 4.88 Å². The Morgan fingerprint density at radius 2 is 1.83 bits per heavy atom. The van der Waals surface area contributed by atoms with Crippen molar-refractivity contribution in [3.8, 4) is 11.5 Å². The van der Waals surface area contributed by atoms with Crippen LogP contribution in [0.2, 0.25) is 5.02 Å². The molecule has 4 rings (SSSR count). The lowest BCUT2D eigenvalue weighted by Gasteiger charge is -2.09. The SMILES string of the molecule is COc1cc(C=NNC(=O)c2ccc([N+](=O)[O-])cc2)ccc1OC(=O)c1sc2ccccc2c1Cl. The van der Waals surface area contributed by atoms with Crippen LogP contribution in [-0.2, 0) is 0 Å². The smallest absolute Gasteiger partial charge is 0.355 e. The van der Waals surface area contributed by atoms with Crippen molar-refractivity contribution in [1.29, 1.82) is 0 Å². The molecule has 35 heavy (non-hydrogen) atoms. The average Bonchev–Trinajstić information content (AvgIpc) is 3.21. The van der Waals surface area contributed by atoms with Gasteiger partial charge in [-0.25, -0.2) is 10.2 Å². The lowest BCUT2D eigenvalue weighted by molar-refractivity contribution is -0.384. The van der Waals surface area contributed by atoms with Crippen molar-refractivity contribution < 1.29 is 24.0 Å². The summed E-state index contributed by atoms with van der Waals surface area (Å²) in [6.07, 6.45) is 1.38. The third-order valence-corrected chi connectivity index (χ3v) is 6.49. The number of carbonyl (C=O) groups excluding carboxylic acids is 2. The van der Waals surface area contributed by atoms with E-state index in [0.29, 0.717) is 10.6 Å². The van der Waals surface area contributed by atoms with E-state index in [4.69, 9.17) is 21.1 Å². The molecule has 0 saturated carbocycles. The Labute approximate surface area is 207 Å². The van der Waals surface area contributed by atoms with Crippen LogP contribution in [0.1, 0.15) is 25.6 Å². The number of nitro groups is 1. The molecule has 0 unspecified atom stereocenters. The molecule has 9 nitrogen and oxygen atoms in total. The lowest BCUT2D eigenvalue weighted by atomic mass is 10.2. The summed E-state index contributed by atoms with van der Waals surface area (Å²) in [5.41, 5.74) is 3.00. The topological polar surface area (TPSA) is 120 Å². The van der Waals surface area contributed by atoms with E-state index in [1.165, 1.54) is 55.0 Å². The van der Waals surface area contributed by atoms with E-state index in [-0.39, 0.29) is 27.6 Å². The standard InChI is InChI=1S/C24H16ClN3O6S/c1-33-19-12-14(13-26-27-23(29)15-7-9-16(10-8-15)28(31)32)6-11-18(19)34-24(30)22-21(25)17-4-2-3-5-20(17)35-22/h2-13H,1H3,(H,27,29). The normalized spacial score (nSPS) is 10.9. The van der Waals surface area contributed by atoms with E-state index in [1.54, 1.807) is 12.1 Å². The van der Waals surface area contributed by atoms with Crippen LogP contribution in [0.15, 0.2) is 71.8 Å². The summed E-state index contributed by atoms with van der Waals surface area (Å²) < 4.78 is 11.7. The fraction of sp³-hybridized carbons (Fsp3) is 0.0417. The van der Waals surface area contributed by atoms with Crippen LogP contribution in [-0.4, -0.2) is 30.1 Å². The van der Waals surface area contributed by atoms with E-state index < -0.39 is 16.8 Å². The molecular formula is C24H16ClN3O6S. The lowest BCUT2D eigenvalue weighted by Crippen LogP contribution is -2.17. The molecule has 0 spiro atoms. The van der Waals surface area contributed by atoms with Crippen LogP contribution in [0.4, 0.5) is 5.69 Å². The summed E-state index contributed by atoms with van der Waals surface area (Å²) in [4.78, 5) is 35.3. The van der Waals surface area contributed by atoms with Crippen molar-refractivity contribution in [2.45, 2.75) is 0 Å². The van der Waals surface area contributed by atoms with Crippen molar-refractivity contribution in [2.75, 3.05) is 7.11 Å². The van der Waals surface area contributed by atoms with Crippen LogP contribution in [0.3, 0.4) is 0 Å². The molecule has 0 bridgehead atoms. The first kappa shape index (κ1) is 23.9. The van der Waals surface area contributed by atoms with Gasteiger partial charge >= 0.3 is 5.97 Å². The number of hydrazone groups is 1. The third kappa shape index (κ3) is 5.29. The molecule has 176 valence electrons. The second-order valence-electron chi connectivity index (χ2n) is 7.04. The number of carbonyl (C=O) groups is 2. The molecule has 0 aliphatic heterocycles. The number of ether oxygens (including phenoxy) is 2. The average molecular weight is 510 g/mol. The van der Waals surface area contributed by atoms with Gasteiger partial charge in [-0.2, -0.15) is 5.10 Å². The summed E-state index contributed by atoms with van der Waals surface area (Å²) in [6, 6.07) is 17.3. The predicted octanol–water partition coefficient (Wildman–Crippen LogP) is 5.45. The van der Waals surface area contributed by atoms with Crippen LogP contribution < -0.4 is 14.9 Å². The van der Waals surface area contributed by atoms with Gasteiger partial charge < -0.3 is 9.47 Å². The molecular weight excluding hydrogens is 494 g/mol. The highest BCUT2D eigenvalue weighted by atomic mass is 35.5. The molecule has 0 radical (unpaired) electrons. The first-order chi connectivity index (χ1) is 16.9. The van der Waals surface area contributed by atoms with Crippen LogP contribution >= 0.6 is 22.9 Å². The zero-order chi connectivity index (χ0) is 24.9. The molecule has 0 aliphatic rings. The molecule has 1 N–H and O–H groups in total. The van der Waals surface area contributed by atoms with E-state index in [1.807, 2.05) is 24.3 Å². The molecule has 0 atom stereocenters. The van der Waals surface area contributed by atoms with Crippen molar-refractivity contribution in [3.05, 3.63) is 97.9 Å². The second kappa shape index (κ2) is 10.3. The first-order valence-electron chi connectivity index (χ1n) is 10.0. The number of benzene rings is 3. The van der Waals surface area contributed by atoms with E-state index in [2.05, 4.69) is 10.5 Å². The Kier molecular flexibility index (Phi) is 7.04. The number of halogens is 1. The van der Waals surface area contributed by atoms with Gasteiger partial charge in [0.25, 0.3) is 11.6 Å². The highest BCUT2D eigenvalue weighted by Crippen LogP contribution is 2.37. The van der Waals surface area contributed by atoms with E-state index in [9.17, 15) is 19.7 Å². The Morgan fingerprint density at radius 1 is 1.09 bits per heavy atom. The van der Waals surface area contributed by atoms with Crippen LogP contribution in [0.25, 0.3) is 10.1 Å². The Bertz CT molecular complexity index is 1470. The number of thiophene rings is 1. The second-order valence-corrected chi connectivity index (χ2v) is 8.47. The minimum atomic E-state index is -0.605. The zero-order valence-corrected chi connectivity index (χ0v) is 19.6. The number of hydrogen-bond acceptors (Lipinski definition) is 8. The number of amides is 1. The summed E-state index contributed by atoms with van der Waals surface area (Å²) in [5, 5.41) is 15.7. The highest BCUT2D eigenvalue weighted by molar-refractivity contribution is 7.21. The number of fused-ring (bicyclic) bond motifs is 1. The number of nitro benzene ring substituents is 1. The fourth-order valence-corrected chi connectivity index (χ4v) is 4.49. The Morgan fingerprint density at radius 3 is 2.51 bits per heavy atom. The molecule has 0 saturated heterocycles.